The van der Waals surface area contributed by atoms with Crippen LogP contribution in [-0.2, 0) is 0 Å². The van der Waals surface area contributed by atoms with Crippen molar-refractivity contribution in [3.05, 3.63) is 94.5 Å². The fourth-order valence-electron chi connectivity index (χ4n) is 3.87. The highest BCUT2D eigenvalue weighted by Gasteiger charge is 2.40. The summed E-state index contributed by atoms with van der Waals surface area (Å²) in [4.78, 5) is 0. The summed E-state index contributed by atoms with van der Waals surface area (Å²) in [6.45, 7) is 0. The zero-order valence-corrected chi connectivity index (χ0v) is 16.1. The van der Waals surface area contributed by atoms with E-state index in [1.165, 1.54) is 0 Å². The van der Waals surface area contributed by atoms with Gasteiger partial charge < -0.3 is 9.47 Å². The first-order valence-corrected chi connectivity index (χ1v) is 9.62. The van der Waals surface area contributed by atoms with Gasteiger partial charge in [-0.2, -0.15) is 5.10 Å². The lowest BCUT2D eigenvalue weighted by molar-refractivity contribution is -0.0190. The van der Waals surface area contributed by atoms with Gasteiger partial charge in [0, 0.05) is 22.6 Å². The first-order valence-electron chi connectivity index (χ1n) is 9.24. The topological polar surface area (TPSA) is 34.1 Å². The summed E-state index contributed by atoms with van der Waals surface area (Å²) in [7, 11) is 1.67. The summed E-state index contributed by atoms with van der Waals surface area (Å²) in [6.07, 6.45) is 0.524. The summed E-state index contributed by atoms with van der Waals surface area (Å²) < 4.78 is 11.7. The number of hydrogen-bond donors (Lipinski definition) is 0. The van der Waals surface area contributed by atoms with Gasteiger partial charge in [0.15, 0.2) is 0 Å². The Hall–Kier alpha value is -2.98. The molecule has 5 rings (SSSR count). The first kappa shape index (κ1) is 17.1. The van der Waals surface area contributed by atoms with Crippen LogP contribution in [0.15, 0.2) is 77.9 Å². The minimum Gasteiger partial charge on any atom is -0.497 e. The average Bonchev–Trinajstić information content (AvgIpc) is 3.19. The molecule has 5 heteroatoms. The van der Waals surface area contributed by atoms with E-state index in [1.54, 1.807) is 7.11 Å². The third-order valence-corrected chi connectivity index (χ3v) is 5.49. The van der Waals surface area contributed by atoms with Gasteiger partial charge in [-0.3, -0.25) is 0 Å². The number of ether oxygens (including phenoxy) is 2. The smallest absolute Gasteiger partial charge is 0.213 e. The molecule has 0 radical (unpaired) electrons. The summed E-state index contributed by atoms with van der Waals surface area (Å²) in [5.74, 6) is 1.73. The summed E-state index contributed by atoms with van der Waals surface area (Å²) in [5, 5.41) is 7.74. The zero-order valence-electron chi connectivity index (χ0n) is 15.4. The van der Waals surface area contributed by atoms with Crippen LogP contribution in [0.25, 0.3) is 0 Å². The van der Waals surface area contributed by atoms with Crippen molar-refractivity contribution in [3.8, 4) is 11.5 Å². The van der Waals surface area contributed by atoms with Crippen LogP contribution in [0.3, 0.4) is 0 Å². The number of hydrazone groups is 1. The Kier molecular flexibility index (Phi) is 4.21. The van der Waals surface area contributed by atoms with Crippen molar-refractivity contribution >= 4 is 17.3 Å². The number of halogens is 1. The fourth-order valence-corrected chi connectivity index (χ4v) is 4.06. The van der Waals surface area contributed by atoms with E-state index < -0.39 is 0 Å². The van der Waals surface area contributed by atoms with Crippen molar-refractivity contribution in [1.82, 2.24) is 5.01 Å². The van der Waals surface area contributed by atoms with Crippen LogP contribution in [0.1, 0.15) is 35.4 Å². The molecule has 0 saturated heterocycles. The molecule has 0 N–H and O–H groups in total. The normalized spacial score (nSPS) is 20.1. The maximum absolute atomic E-state index is 6.37. The first-order chi connectivity index (χ1) is 13.7. The number of para-hydroxylation sites is 1. The number of methoxy groups -OCH3 is 1. The molecule has 0 saturated carbocycles. The second kappa shape index (κ2) is 6.88. The SMILES string of the molecule is COc1ccc(C2Oc3ccccc3C3CC(c4cccc(Cl)c4)=NN32)cc1. The molecule has 0 aliphatic carbocycles. The maximum Gasteiger partial charge on any atom is 0.213 e. The van der Waals surface area contributed by atoms with E-state index in [0.717, 1.165) is 40.3 Å². The van der Waals surface area contributed by atoms with Crippen molar-refractivity contribution < 1.29 is 9.47 Å². The second-order valence-corrected chi connectivity index (χ2v) is 7.37. The lowest BCUT2D eigenvalue weighted by Crippen LogP contribution is -2.33. The molecule has 28 heavy (non-hydrogen) atoms. The molecule has 2 unspecified atom stereocenters. The number of hydrogen-bond acceptors (Lipinski definition) is 4. The predicted octanol–water partition coefficient (Wildman–Crippen LogP) is 5.59. The van der Waals surface area contributed by atoms with Crippen molar-refractivity contribution in [1.29, 1.82) is 0 Å². The number of benzene rings is 3. The van der Waals surface area contributed by atoms with Gasteiger partial charge in [-0.1, -0.05) is 41.9 Å². The highest BCUT2D eigenvalue weighted by molar-refractivity contribution is 6.31. The van der Waals surface area contributed by atoms with Gasteiger partial charge in [0.2, 0.25) is 6.23 Å². The third kappa shape index (κ3) is 2.90. The van der Waals surface area contributed by atoms with E-state index in [0.29, 0.717) is 5.02 Å². The molecule has 0 amide bonds. The second-order valence-electron chi connectivity index (χ2n) is 6.94. The van der Waals surface area contributed by atoms with Gasteiger partial charge >= 0.3 is 0 Å². The van der Waals surface area contributed by atoms with Gasteiger partial charge in [0.25, 0.3) is 0 Å². The Labute approximate surface area is 169 Å². The van der Waals surface area contributed by atoms with E-state index >= 15 is 0 Å². The van der Waals surface area contributed by atoms with Gasteiger partial charge in [-0.15, -0.1) is 0 Å². The molecule has 0 fully saturated rings. The largest absolute Gasteiger partial charge is 0.497 e. The molecule has 2 atom stereocenters. The number of fused-ring (bicyclic) bond motifs is 3. The van der Waals surface area contributed by atoms with Crippen LogP contribution < -0.4 is 9.47 Å². The molecule has 4 nitrogen and oxygen atoms in total. The molecule has 3 aromatic carbocycles. The molecular formula is C23H19ClN2O2. The monoisotopic (exact) mass is 390 g/mol. The summed E-state index contributed by atoms with van der Waals surface area (Å²) in [6, 6.07) is 24.2. The minimum absolute atomic E-state index is 0.131. The number of rotatable bonds is 3. The van der Waals surface area contributed by atoms with Crippen LogP contribution in [0.2, 0.25) is 5.02 Å². The Morgan fingerprint density at radius 1 is 1.04 bits per heavy atom. The minimum atomic E-state index is -0.289. The summed E-state index contributed by atoms with van der Waals surface area (Å²) >= 11 is 6.21. The Morgan fingerprint density at radius 2 is 1.86 bits per heavy atom. The van der Waals surface area contributed by atoms with Crippen LogP contribution in [0.4, 0.5) is 0 Å². The average molecular weight is 391 g/mol. The maximum atomic E-state index is 6.37. The standard InChI is InChI=1S/C23H19ClN2O2/c1-27-18-11-9-15(10-12-18)23-26-21(19-7-2-3-8-22(19)28-23)14-20(25-26)16-5-4-6-17(24)13-16/h2-13,21,23H,14H2,1H3. The van der Waals surface area contributed by atoms with Crippen LogP contribution in [0.5, 0.6) is 11.5 Å². The molecule has 2 aliphatic rings. The molecular weight excluding hydrogens is 372 g/mol. The van der Waals surface area contributed by atoms with E-state index in [-0.39, 0.29) is 12.3 Å². The number of nitrogens with zero attached hydrogens (tertiary/aromatic N) is 2. The quantitative estimate of drug-likeness (QED) is 0.584. The van der Waals surface area contributed by atoms with E-state index in [2.05, 4.69) is 17.1 Å². The fraction of sp³-hybridized carbons (Fsp3) is 0.174. The highest BCUT2D eigenvalue weighted by Crippen LogP contribution is 2.47. The van der Waals surface area contributed by atoms with Crippen molar-refractivity contribution in [2.24, 2.45) is 5.10 Å². The van der Waals surface area contributed by atoms with E-state index in [1.807, 2.05) is 60.7 Å². The molecule has 0 spiro atoms. The Bertz CT molecular complexity index is 1050. The molecule has 2 aliphatic heterocycles. The Balaban J connectivity index is 1.57. The van der Waals surface area contributed by atoms with Crippen molar-refractivity contribution in [2.45, 2.75) is 18.7 Å². The molecule has 0 bridgehead atoms. The van der Waals surface area contributed by atoms with Gasteiger partial charge in [-0.05, 0) is 48.0 Å². The van der Waals surface area contributed by atoms with Gasteiger partial charge in [-0.25, -0.2) is 5.01 Å². The highest BCUT2D eigenvalue weighted by atomic mass is 35.5. The van der Waals surface area contributed by atoms with Crippen LogP contribution in [0, 0.1) is 0 Å². The van der Waals surface area contributed by atoms with E-state index in [9.17, 15) is 0 Å². The van der Waals surface area contributed by atoms with E-state index in [4.69, 9.17) is 26.2 Å². The van der Waals surface area contributed by atoms with Crippen molar-refractivity contribution in [3.63, 3.8) is 0 Å². The van der Waals surface area contributed by atoms with Crippen molar-refractivity contribution in [2.75, 3.05) is 7.11 Å². The predicted molar refractivity (Wildman–Crippen MR) is 110 cm³/mol. The van der Waals surface area contributed by atoms with Crippen LogP contribution >= 0.6 is 11.6 Å². The lowest BCUT2D eigenvalue weighted by atomic mass is 9.96. The van der Waals surface area contributed by atoms with Crippen LogP contribution in [-0.4, -0.2) is 17.8 Å². The Morgan fingerprint density at radius 3 is 2.64 bits per heavy atom. The third-order valence-electron chi connectivity index (χ3n) is 5.26. The molecule has 140 valence electrons. The van der Waals surface area contributed by atoms with Gasteiger partial charge in [0.1, 0.15) is 11.5 Å². The summed E-state index contributed by atoms with van der Waals surface area (Å²) in [5.41, 5.74) is 4.27. The molecule has 2 heterocycles. The van der Waals surface area contributed by atoms with Gasteiger partial charge in [0.05, 0.1) is 18.9 Å². The molecule has 3 aromatic rings. The molecule has 0 aromatic heterocycles. The zero-order chi connectivity index (χ0) is 19.1. The lowest BCUT2D eigenvalue weighted by Gasteiger charge is -2.38.